The molecule has 1 aliphatic heterocycles. The number of benzene rings is 1. The molecule has 1 aromatic carbocycles. The van der Waals surface area contributed by atoms with Crippen molar-refractivity contribution >= 4 is 22.6 Å². The first-order valence-corrected chi connectivity index (χ1v) is 6.96. The molecule has 4 heteroatoms. The van der Waals surface area contributed by atoms with E-state index in [-0.39, 0.29) is 0 Å². The van der Waals surface area contributed by atoms with Gasteiger partial charge in [0.25, 0.3) is 0 Å². The zero-order chi connectivity index (χ0) is 12.5. The summed E-state index contributed by atoms with van der Waals surface area (Å²) >= 11 is 6.04. The van der Waals surface area contributed by atoms with Crippen LogP contribution in [-0.4, -0.2) is 22.3 Å². The van der Waals surface area contributed by atoms with Gasteiger partial charge in [-0.05, 0) is 31.9 Å². The largest absolute Gasteiger partial charge is 0.378 e. The van der Waals surface area contributed by atoms with E-state index in [2.05, 4.69) is 28.6 Å². The molecule has 0 aliphatic carbocycles. The van der Waals surface area contributed by atoms with E-state index in [1.54, 1.807) is 0 Å². The van der Waals surface area contributed by atoms with Gasteiger partial charge in [0.2, 0.25) is 0 Å². The number of alkyl halides is 1. The maximum absolute atomic E-state index is 6.04. The summed E-state index contributed by atoms with van der Waals surface area (Å²) in [4.78, 5) is 4.62. The Bertz CT molecular complexity index is 552. The lowest BCUT2D eigenvalue weighted by atomic mass is 10.0. The van der Waals surface area contributed by atoms with Gasteiger partial charge in [-0.3, -0.25) is 0 Å². The Balaban J connectivity index is 2.08. The van der Waals surface area contributed by atoms with Crippen LogP contribution in [0.3, 0.4) is 0 Å². The van der Waals surface area contributed by atoms with Crippen LogP contribution in [0.1, 0.15) is 31.6 Å². The molecule has 0 bridgehead atoms. The van der Waals surface area contributed by atoms with Gasteiger partial charge in [0.05, 0.1) is 23.0 Å². The molecule has 18 heavy (non-hydrogen) atoms. The molecule has 2 unspecified atom stereocenters. The number of fused-ring (bicyclic) bond motifs is 1. The van der Waals surface area contributed by atoms with Crippen LogP contribution >= 0.6 is 11.6 Å². The van der Waals surface area contributed by atoms with Crippen molar-refractivity contribution in [1.82, 2.24) is 9.55 Å². The molecule has 0 spiro atoms. The van der Waals surface area contributed by atoms with E-state index in [4.69, 9.17) is 16.3 Å². The summed E-state index contributed by atoms with van der Waals surface area (Å²) in [6.45, 7) is 2.95. The van der Waals surface area contributed by atoms with Crippen LogP contribution in [0.25, 0.3) is 11.0 Å². The highest BCUT2D eigenvalue weighted by Crippen LogP contribution is 2.30. The fourth-order valence-electron chi connectivity index (χ4n) is 2.80. The van der Waals surface area contributed by atoms with Crippen LogP contribution < -0.4 is 0 Å². The van der Waals surface area contributed by atoms with Gasteiger partial charge < -0.3 is 9.30 Å². The molecule has 96 valence electrons. The summed E-state index contributed by atoms with van der Waals surface area (Å²) in [6.07, 6.45) is 2.38. The minimum absolute atomic E-state index is 0.313. The summed E-state index contributed by atoms with van der Waals surface area (Å²) < 4.78 is 7.93. The summed E-state index contributed by atoms with van der Waals surface area (Å²) in [5, 5.41) is 0. The zero-order valence-corrected chi connectivity index (χ0v) is 11.2. The second-order valence-electron chi connectivity index (χ2n) is 4.88. The molecule has 3 nitrogen and oxygen atoms in total. The molecule has 0 N–H and O–H groups in total. The number of imidazole rings is 1. The second-order valence-corrected chi connectivity index (χ2v) is 5.15. The Hall–Kier alpha value is -1.06. The highest BCUT2D eigenvalue weighted by molar-refractivity contribution is 6.16. The third kappa shape index (κ3) is 2.02. The summed E-state index contributed by atoms with van der Waals surface area (Å²) in [5.41, 5.74) is 2.22. The molecule has 1 fully saturated rings. The minimum Gasteiger partial charge on any atom is -0.378 e. The van der Waals surface area contributed by atoms with Crippen LogP contribution in [0.4, 0.5) is 0 Å². The average Bonchev–Trinajstić information content (AvgIpc) is 2.77. The second kappa shape index (κ2) is 4.90. The Morgan fingerprint density at radius 2 is 2.28 bits per heavy atom. The summed E-state index contributed by atoms with van der Waals surface area (Å²) in [7, 11) is 0. The van der Waals surface area contributed by atoms with Crippen molar-refractivity contribution in [2.45, 2.75) is 37.8 Å². The highest BCUT2D eigenvalue weighted by Gasteiger charge is 2.24. The lowest BCUT2D eigenvalue weighted by Crippen LogP contribution is -2.26. The van der Waals surface area contributed by atoms with E-state index in [9.17, 15) is 0 Å². The standard InChI is InChI=1S/C14H17ClN2O/c1-10-8-11(6-7-18-10)17-13-5-3-2-4-12(13)16-14(17)9-15/h2-5,10-11H,6-9H2,1H3. The summed E-state index contributed by atoms with van der Waals surface area (Å²) in [5.74, 6) is 1.43. The molecule has 0 amide bonds. The maximum atomic E-state index is 6.04. The van der Waals surface area contributed by atoms with Crippen molar-refractivity contribution < 1.29 is 4.74 Å². The van der Waals surface area contributed by atoms with Gasteiger partial charge in [-0.2, -0.15) is 0 Å². The van der Waals surface area contributed by atoms with Gasteiger partial charge in [0.15, 0.2) is 0 Å². The van der Waals surface area contributed by atoms with Gasteiger partial charge in [-0.25, -0.2) is 4.98 Å². The molecule has 3 rings (SSSR count). The van der Waals surface area contributed by atoms with Gasteiger partial charge >= 0.3 is 0 Å². The number of hydrogen-bond donors (Lipinski definition) is 0. The number of nitrogens with zero attached hydrogens (tertiary/aromatic N) is 2. The Labute approximate surface area is 112 Å². The van der Waals surface area contributed by atoms with E-state index >= 15 is 0 Å². The predicted octanol–water partition coefficient (Wildman–Crippen LogP) is 3.52. The van der Waals surface area contributed by atoms with Crippen LogP contribution in [0.2, 0.25) is 0 Å². The monoisotopic (exact) mass is 264 g/mol. The van der Waals surface area contributed by atoms with Gasteiger partial charge in [-0.15, -0.1) is 11.6 Å². The molecule has 2 atom stereocenters. The Morgan fingerprint density at radius 3 is 3.06 bits per heavy atom. The predicted molar refractivity (Wildman–Crippen MR) is 73.0 cm³/mol. The number of ether oxygens (including phenoxy) is 1. The molecule has 1 saturated heterocycles. The van der Waals surface area contributed by atoms with Crippen molar-refractivity contribution in [2.75, 3.05) is 6.61 Å². The smallest absolute Gasteiger partial charge is 0.125 e. The van der Waals surface area contributed by atoms with Crippen molar-refractivity contribution in [3.63, 3.8) is 0 Å². The van der Waals surface area contributed by atoms with Crippen LogP contribution in [-0.2, 0) is 10.6 Å². The van der Waals surface area contributed by atoms with Crippen LogP contribution in [0.5, 0.6) is 0 Å². The van der Waals surface area contributed by atoms with Gasteiger partial charge in [-0.1, -0.05) is 12.1 Å². The first-order valence-electron chi connectivity index (χ1n) is 6.43. The van der Waals surface area contributed by atoms with Crippen molar-refractivity contribution in [3.8, 4) is 0 Å². The molecule has 2 heterocycles. The molecule has 1 aliphatic rings. The number of para-hydroxylation sites is 2. The third-order valence-electron chi connectivity index (χ3n) is 3.61. The minimum atomic E-state index is 0.313. The number of rotatable bonds is 2. The first kappa shape index (κ1) is 12.0. The van der Waals surface area contributed by atoms with Crippen LogP contribution in [0, 0.1) is 0 Å². The normalized spacial score (nSPS) is 24.6. The quantitative estimate of drug-likeness (QED) is 0.776. The SMILES string of the molecule is CC1CC(n2c(CCl)nc3ccccc32)CCO1. The van der Waals surface area contributed by atoms with Crippen LogP contribution in [0.15, 0.2) is 24.3 Å². The topological polar surface area (TPSA) is 27.1 Å². The maximum Gasteiger partial charge on any atom is 0.125 e. The fraction of sp³-hybridized carbons (Fsp3) is 0.500. The lowest BCUT2D eigenvalue weighted by molar-refractivity contribution is 0.00633. The summed E-state index contributed by atoms with van der Waals surface area (Å²) in [6, 6.07) is 8.70. The molecule has 2 aromatic rings. The number of halogens is 1. The number of aromatic nitrogens is 2. The Kier molecular flexibility index (Phi) is 3.27. The third-order valence-corrected chi connectivity index (χ3v) is 3.85. The van der Waals surface area contributed by atoms with Crippen molar-refractivity contribution in [1.29, 1.82) is 0 Å². The van der Waals surface area contributed by atoms with Gasteiger partial charge in [0.1, 0.15) is 5.82 Å². The first-order chi connectivity index (χ1) is 8.79. The van der Waals surface area contributed by atoms with Gasteiger partial charge in [0, 0.05) is 12.6 Å². The fourth-order valence-corrected chi connectivity index (χ4v) is 2.99. The number of hydrogen-bond acceptors (Lipinski definition) is 2. The average molecular weight is 265 g/mol. The zero-order valence-electron chi connectivity index (χ0n) is 10.5. The molecule has 1 aromatic heterocycles. The van der Waals surface area contributed by atoms with E-state index < -0.39 is 0 Å². The Morgan fingerprint density at radius 1 is 1.44 bits per heavy atom. The van der Waals surface area contributed by atoms with E-state index in [1.165, 1.54) is 5.52 Å². The molecular formula is C14H17ClN2O. The van der Waals surface area contributed by atoms with Crippen molar-refractivity contribution in [2.24, 2.45) is 0 Å². The van der Waals surface area contributed by atoms with E-state index in [0.717, 1.165) is 30.8 Å². The molecule has 0 saturated carbocycles. The van der Waals surface area contributed by atoms with E-state index in [0.29, 0.717) is 18.0 Å². The van der Waals surface area contributed by atoms with E-state index in [1.807, 2.05) is 12.1 Å². The molecule has 0 radical (unpaired) electrons. The van der Waals surface area contributed by atoms with Crippen molar-refractivity contribution in [3.05, 3.63) is 30.1 Å². The lowest BCUT2D eigenvalue weighted by Gasteiger charge is -2.29. The highest BCUT2D eigenvalue weighted by atomic mass is 35.5. The molecular weight excluding hydrogens is 248 g/mol.